The van der Waals surface area contributed by atoms with Crippen LogP contribution in [-0.2, 0) is 5.41 Å². The molecule has 100 valence electrons. The minimum Gasteiger partial charge on any atom is -0.316 e. The van der Waals surface area contributed by atoms with E-state index in [1.807, 2.05) is 12.5 Å². The summed E-state index contributed by atoms with van der Waals surface area (Å²) in [6, 6.07) is 8.51. The van der Waals surface area contributed by atoms with Gasteiger partial charge in [0.1, 0.15) is 0 Å². The van der Waals surface area contributed by atoms with Crippen LogP contribution in [0.1, 0.15) is 19.0 Å². The molecule has 0 saturated carbocycles. The van der Waals surface area contributed by atoms with E-state index in [0.717, 1.165) is 13.1 Å². The van der Waals surface area contributed by atoms with Gasteiger partial charge in [-0.2, -0.15) is 0 Å². The van der Waals surface area contributed by atoms with Crippen LogP contribution in [-0.4, -0.2) is 28.9 Å². The largest absolute Gasteiger partial charge is 0.316 e. The van der Waals surface area contributed by atoms with Gasteiger partial charge in [-0.25, -0.2) is 4.98 Å². The maximum Gasteiger partial charge on any atom is 0.0994 e. The third kappa shape index (κ3) is 2.19. The average Bonchev–Trinajstić information content (AvgIpc) is 3.08. The highest BCUT2D eigenvalue weighted by atomic mass is 32.2. The maximum absolute atomic E-state index is 4.39. The highest BCUT2D eigenvalue weighted by molar-refractivity contribution is 7.98. The molecule has 1 unspecified atom stereocenters. The molecule has 1 aliphatic heterocycles. The standard InChI is InChI=1S/C15H19N3S/c1-15(7-8-16-10-15)14-9-17-11-18(14)12-5-3-4-6-13(12)19-2/h3-6,9,11,16H,7-8,10H2,1-2H3. The van der Waals surface area contributed by atoms with Crippen molar-refractivity contribution in [3.8, 4) is 5.69 Å². The minimum atomic E-state index is 0.183. The smallest absolute Gasteiger partial charge is 0.0994 e. The average molecular weight is 273 g/mol. The molecule has 1 atom stereocenters. The molecule has 0 spiro atoms. The van der Waals surface area contributed by atoms with E-state index in [4.69, 9.17) is 0 Å². The van der Waals surface area contributed by atoms with E-state index < -0.39 is 0 Å². The lowest BCUT2D eigenvalue weighted by molar-refractivity contribution is 0.498. The van der Waals surface area contributed by atoms with E-state index in [1.165, 1.54) is 22.7 Å². The van der Waals surface area contributed by atoms with Crippen molar-refractivity contribution in [2.75, 3.05) is 19.3 Å². The summed E-state index contributed by atoms with van der Waals surface area (Å²) in [5, 5.41) is 3.46. The second kappa shape index (κ2) is 5.02. The zero-order chi connectivity index (χ0) is 13.3. The highest BCUT2D eigenvalue weighted by Crippen LogP contribution is 2.33. The summed E-state index contributed by atoms with van der Waals surface area (Å²) in [5.41, 5.74) is 2.72. The molecule has 1 fully saturated rings. The van der Waals surface area contributed by atoms with E-state index in [1.54, 1.807) is 11.8 Å². The monoisotopic (exact) mass is 273 g/mol. The maximum atomic E-state index is 4.39. The first-order chi connectivity index (χ1) is 9.24. The fourth-order valence-corrected chi connectivity index (χ4v) is 3.39. The number of nitrogens with zero attached hydrogens (tertiary/aromatic N) is 2. The summed E-state index contributed by atoms with van der Waals surface area (Å²) < 4.78 is 2.25. The van der Waals surface area contributed by atoms with Crippen molar-refractivity contribution >= 4 is 11.8 Å². The highest BCUT2D eigenvalue weighted by Gasteiger charge is 2.33. The lowest BCUT2D eigenvalue weighted by Gasteiger charge is -2.25. The van der Waals surface area contributed by atoms with Crippen LogP contribution < -0.4 is 5.32 Å². The topological polar surface area (TPSA) is 29.9 Å². The van der Waals surface area contributed by atoms with Gasteiger partial charge in [0.05, 0.1) is 12.0 Å². The van der Waals surface area contributed by atoms with Crippen LogP contribution in [0.2, 0.25) is 0 Å². The number of aromatic nitrogens is 2. The minimum absolute atomic E-state index is 0.183. The second-order valence-electron chi connectivity index (χ2n) is 5.31. The second-order valence-corrected chi connectivity index (χ2v) is 6.16. The summed E-state index contributed by atoms with van der Waals surface area (Å²) in [7, 11) is 0. The summed E-state index contributed by atoms with van der Waals surface area (Å²) in [6.45, 7) is 4.44. The molecule has 3 rings (SSSR count). The fourth-order valence-electron chi connectivity index (χ4n) is 2.80. The number of imidazole rings is 1. The predicted octanol–water partition coefficient (Wildman–Crippen LogP) is 2.85. The summed E-state index contributed by atoms with van der Waals surface area (Å²) in [4.78, 5) is 5.68. The molecular formula is C15H19N3S. The van der Waals surface area contributed by atoms with E-state index in [9.17, 15) is 0 Å². The van der Waals surface area contributed by atoms with Crippen molar-refractivity contribution in [1.29, 1.82) is 0 Å². The molecule has 0 radical (unpaired) electrons. The molecule has 1 aromatic heterocycles. The van der Waals surface area contributed by atoms with Crippen molar-refractivity contribution in [3.63, 3.8) is 0 Å². The molecular weight excluding hydrogens is 254 g/mol. The zero-order valence-corrected chi connectivity index (χ0v) is 12.2. The van der Waals surface area contributed by atoms with Gasteiger partial charge < -0.3 is 9.88 Å². The normalized spacial score (nSPS) is 22.8. The Labute approximate surface area is 118 Å². The van der Waals surface area contributed by atoms with E-state index >= 15 is 0 Å². The Morgan fingerprint density at radius 2 is 2.21 bits per heavy atom. The van der Waals surface area contributed by atoms with Crippen LogP contribution >= 0.6 is 11.8 Å². The van der Waals surface area contributed by atoms with Crippen LogP contribution in [0.3, 0.4) is 0 Å². The van der Waals surface area contributed by atoms with Crippen molar-refractivity contribution in [2.24, 2.45) is 0 Å². The van der Waals surface area contributed by atoms with Crippen LogP contribution in [0.4, 0.5) is 0 Å². The molecule has 0 amide bonds. The number of nitrogens with one attached hydrogen (secondary N) is 1. The molecule has 1 saturated heterocycles. The number of thioether (sulfide) groups is 1. The van der Waals surface area contributed by atoms with Gasteiger partial charge in [0, 0.05) is 28.7 Å². The Hall–Kier alpha value is -1.26. The third-order valence-corrected chi connectivity index (χ3v) is 4.76. The molecule has 2 aromatic rings. The van der Waals surface area contributed by atoms with Gasteiger partial charge in [0.2, 0.25) is 0 Å². The van der Waals surface area contributed by atoms with Gasteiger partial charge in [-0.3, -0.25) is 0 Å². The van der Waals surface area contributed by atoms with Crippen LogP contribution in [0.25, 0.3) is 5.69 Å². The van der Waals surface area contributed by atoms with Crippen LogP contribution in [0.15, 0.2) is 41.7 Å². The van der Waals surface area contributed by atoms with Crippen molar-refractivity contribution in [1.82, 2.24) is 14.9 Å². The first-order valence-corrected chi connectivity index (χ1v) is 7.84. The Morgan fingerprint density at radius 1 is 1.37 bits per heavy atom. The Bertz CT molecular complexity index is 570. The molecule has 1 aliphatic rings. The SMILES string of the molecule is CSc1ccccc1-n1cncc1C1(C)CCNC1. The summed E-state index contributed by atoms with van der Waals surface area (Å²) in [5.74, 6) is 0. The Kier molecular flexibility index (Phi) is 3.37. The number of benzene rings is 1. The molecule has 0 aliphatic carbocycles. The van der Waals surface area contributed by atoms with Crippen molar-refractivity contribution in [2.45, 2.75) is 23.7 Å². The molecule has 1 N–H and O–H groups in total. The van der Waals surface area contributed by atoms with Gasteiger partial charge in [0.15, 0.2) is 0 Å². The molecule has 4 heteroatoms. The van der Waals surface area contributed by atoms with E-state index in [2.05, 4.69) is 52.3 Å². The summed E-state index contributed by atoms with van der Waals surface area (Å²) >= 11 is 1.78. The number of para-hydroxylation sites is 1. The predicted molar refractivity (Wildman–Crippen MR) is 80.2 cm³/mol. The van der Waals surface area contributed by atoms with Gasteiger partial charge in [-0.05, 0) is 31.4 Å². The van der Waals surface area contributed by atoms with Gasteiger partial charge in [-0.1, -0.05) is 19.1 Å². The lowest BCUT2D eigenvalue weighted by atomic mass is 9.86. The number of hydrogen-bond acceptors (Lipinski definition) is 3. The first-order valence-electron chi connectivity index (χ1n) is 6.61. The zero-order valence-electron chi connectivity index (χ0n) is 11.4. The summed E-state index contributed by atoms with van der Waals surface area (Å²) in [6.07, 6.45) is 7.24. The number of hydrogen-bond donors (Lipinski definition) is 1. The van der Waals surface area contributed by atoms with Gasteiger partial charge in [0.25, 0.3) is 0 Å². The van der Waals surface area contributed by atoms with Crippen LogP contribution in [0, 0.1) is 0 Å². The van der Waals surface area contributed by atoms with E-state index in [-0.39, 0.29) is 5.41 Å². The number of rotatable bonds is 3. The molecule has 2 heterocycles. The third-order valence-electron chi connectivity index (χ3n) is 3.97. The van der Waals surface area contributed by atoms with E-state index in [0.29, 0.717) is 0 Å². The van der Waals surface area contributed by atoms with Crippen molar-refractivity contribution in [3.05, 3.63) is 42.5 Å². The Morgan fingerprint density at radius 3 is 2.95 bits per heavy atom. The van der Waals surface area contributed by atoms with Crippen molar-refractivity contribution < 1.29 is 0 Å². The molecule has 0 bridgehead atoms. The van der Waals surface area contributed by atoms with Crippen LogP contribution in [0.5, 0.6) is 0 Å². The quantitative estimate of drug-likeness (QED) is 0.872. The first kappa shape index (κ1) is 12.8. The van der Waals surface area contributed by atoms with Gasteiger partial charge in [-0.15, -0.1) is 11.8 Å². The lowest BCUT2D eigenvalue weighted by Crippen LogP contribution is -2.27. The molecule has 19 heavy (non-hydrogen) atoms. The van der Waals surface area contributed by atoms with Gasteiger partial charge >= 0.3 is 0 Å². The Balaban J connectivity index is 2.09. The molecule has 3 nitrogen and oxygen atoms in total. The molecule has 1 aromatic carbocycles. The fraction of sp³-hybridized carbons (Fsp3) is 0.400.